The number of benzene rings is 1. The molecule has 1 aromatic rings. The number of rotatable bonds is 1. The van der Waals surface area contributed by atoms with Gasteiger partial charge in [-0.25, -0.2) is 8.78 Å². The van der Waals surface area contributed by atoms with Crippen molar-refractivity contribution in [2.24, 2.45) is 0 Å². The van der Waals surface area contributed by atoms with E-state index < -0.39 is 6.43 Å². The molecule has 0 atom stereocenters. The molecule has 13 heavy (non-hydrogen) atoms. The van der Waals surface area contributed by atoms with E-state index in [4.69, 9.17) is 11.6 Å². The Morgan fingerprint density at radius 3 is 2.62 bits per heavy atom. The van der Waals surface area contributed by atoms with Gasteiger partial charge in [-0.05, 0) is 6.07 Å². The normalized spacial score (nSPS) is 9.54. The molecule has 0 aliphatic heterocycles. The van der Waals surface area contributed by atoms with Crippen LogP contribution in [0.5, 0.6) is 0 Å². The maximum atomic E-state index is 12.4. The molecule has 0 bridgehead atoms. The largest absolute Gasteiger partial charge is 0.265 e. The van der Waals surface area contributed by atoms with E-state index in [0.717, 1.165) is 0 Å². The highest BCUT2D eigenvalue weighted by Crippen LogP contribution is 2.21. The van der Waals surface area contributed by atoms with Gasteiger partial charge in [0.1, 0.15) is 0 Å². The fourth-order valence-corrected chi connectivity index (χ4v) is 0.997. The van der Waals surface area contributed by atoms with Gasteiger partial charge in [-0.3, -0.25) is 0 Å². The summed E-state index contributed by atoms with van der Waals surface area (Å²) < 4.78 is 24.7. The summed E-state index contributed by atoms with van der Waals surface area (Å²) in [5.74, 6) is 5.27. The lowest BCUT2D eigenvalue weighted by atomic mass is 10.1. The molecule has 0 aromatic heterocycles. The lowest BCUT2D eigenvalue weighted by Gasteiger charge is -2.01. The van der Waals surface area contributed by atoms with E-state index >= 15 is 0 Å². The molecule has 1 aromatic carbocycles. The van der Waals surface area contributed by atoms with Crippen molar-refractivity contribution < 1.29 is 8.78 Å². The quantitative estimate of drug-likeness (QED) is 0.482. The maximum absolute atomic E-state index is 12.4. The molecule has 0 aliphatic rings. The molecule has 0 spiro atoms. The monoisotopic (exact) mass is 200 g/mol. The van der Waals surface area contributed by atoms with E-state index in [0.29, 0.717) is 5.56 Å². The SMILES string of the molecule is FC(F)c1ccccc1C#CCCl. The van der Waals surface area contributed by atoms with E-state index in [-0.39, 0.29) is 11.4 Å². The molecule has 68 valence electrons. The van der Waals surface area contributed by atoms with E-state index in [1.54, 1.807) is 18.2 Å². The second-order valence-corrected chi connectivity index (χ2v) is 2.59. The Hall–Kier alpha value is -1.07. The fraction of sp³-hybridized carbons (Fsp3) is 0.200. The molecule has 1 rings (SSSR count). The van der Waals surface area contributed by atoms with Crippen LogP contribution in [0.1, 0.15) is 17.6 Å². The van der Waals surface area contributed by atoms with Crippen molar-refractivity contribution in [1.82, 2.24) is 0 Å². The number of hydrogen-bond donors (Lipinski definition) is 0. The lowest BCUT2D eigenvalue weighted by Crippen LogP contribution is -1.89. The second kappa shape index (κ2) is 4.84. The summed E-state index contributed by atoms with van der Waals surface area (Å²) in [6.07, 6.45) is -2.49. The molecular formula is C10H7ClF2. The van der Waals surface area contributed by atoms with Gasteiger partial charge in [-0.15, -0.1) is 11.6 Å². The lowest BCUT2D eigenvalue weighted by molar-refractivity contribution is 0.151. The first-order valence-electron chi connectivity index (χ1n) is 3.67. The average molecular weight is 201 g/mol. The molecular weight excluding hydrogens is 194 g/mol. The van der Waals surface area contributed by atoms with Crippen molar-refractivity contribution in [3.8, 4) is 11.8 Å². The molecule has 0 N–H and O–H groups in total. The standard InChI is InChI=1S/C10H7ClF2/c11-7-3-5-8-4-1-2-6-9(8)10(12)13/h1-2,4,6,10H,7H2. The summed E-state index contributed by atoms with van der Waals surface area (Å²) in [6, 6.07) is 6.15. The second-order valence-electron chi connectivity index (χ2n) is 2.32. The van der Waals surface area contributed by atoms with Gasteiger partial charge in [0.05, 0.1) is 5.88 Å². The zero-order valence-corrected chi connectivity index (χ0v) is 7.48. The van der Waals surface area contributed by atoms with E-state index in [1.165, 1.54) is 6.07 Å². The summed E-state index contributed by atoms with van der Waals surface area (Å²) in [5, 5.41) is 0. The van der Waals surface area contributed by atoms with Crippen molar-refractivity contribution in [1.29, 1.82) is 0 Å². The summed E-state index contributed by atoms with van der Waals surface area (Å²) in [7, 11) is 0. The van der Waals surface area contributed by atoms with Gasteiger partial charge < -0.3 is 0 Å². The highest BCUT2D eigenvalue weighted by molar-refractivity contribution is 6.19. The first kappa shape index (κ1) is 10.0. The summed E-state index contributed by atoms with van der Waals surface area (Å²) >= 11 is 5.32. The van der Waals surface area contributed by atoms with E-state index in [2.05, 4.69) is 11.8 Å². The van der Waals surface area contributed by atoms with Gasteiger partial charge in [0.15, 0.2) is 0 Å². The molecule has 0 amide bonds. The summed E-state index contributed by atoms with van der Waals surface area (Å²) in [6.45, 7) is 0. The molecule has 3 heteroatoms. The molecule has 0 nitrogen and oxygen atoms in total. The van der Waals surface area contributed by atoms with Gasteiger partial charge in [-0.1, -0.05) is 30.0 Å². The molecule has 0 saturated carbocycles. The van der Waals surface area contributed by atoms with Crippen molar-refractivity contribution in [3.05, 3.63) is 35.4 Å². The van der Waals surface area contributed by atoms with Crippen LogP contribution in [0.2, 0.25) is 0 Å². The van der Waals surface area contributed by atoms with E-state index in [1.807, 2.05) is 0 Å². The topological polar surface area (TPSA) is 0 Å². The predicted molar refractivity (Wildman–Crippen MR) is 49.0 cm³/mol. The summed E-state index contributed by atoms with van der Waals surface area (Å²) in [4.78, 5) is 0. The van der Waals surface area contributed by atoms with Crippen LogP contribution in [-0.2, 0) is 0 Å². The fourth-order valence-electron chi connectivity index (χ4n) is 0.930. The van der Waals surface area contributed by atoms with Crippen molar-refractivity contribution in [2.75, 3.05) is 5.88 Å². The van der Waals surface area contributed by atoms with E-state index in [9.17, 15) is 8.78 Å². The van der Waals surface area contributed by atoms with Crippen LogP contribution < -0.4 is 0 Å². The highest BCUT2D eigenvalue weighted by Gasteiger charge is 2.09. The Kier molecular flexibility index (Phi) is 3.72. The van der Waals surface area contributed by atoms with Crippen molar-refractivity contribution in [3.63, 3.8) is 0 Å². The van der Waals surface area contributed by atoms with Gasteiger partial charge in [0.2, 0.25) is 0 Å². The zero-order valence-electron chi connectivity index (χ0n) is 6.73. The van der Waals surface area contributed by atoms with Crippen LogP contribution >= 0.6 is 11.6 Å². The minimum atomic E-state index is -2.49. The van der Waals surface area contributed by atoms with Gasteiger partial charge >= 0.3 is 0 Å². The minimum Gasteiger partial charge on any atom is -0.205 e. The molecule has 0 saturated heterocycles. The first-order valence-corrected chi connectivity index (χ1v) is 4.21. The molecule has 0 fully saturated rings. The van der Waals surface area contributed by atoms with Gasteiger partial charge in [0.25, 0.3) is 6.43 Å². The highest BCUT2D eigenvalue weighted by atomic mass is 35.5. The molecule has 0 radical (unpaired) electrons. The van der Waals surface area contributed by atoms with Gasteiger partial charge in [-0.2, -0.15) is 0 Å². The smallest absolute Gasteiger partial charge is 0.205 e. The Balaban J connectivity index is 3.05. The third kappa shape index (κ3) is 2.71. The van der Waals surface area contributed by atoms with Crippen LogP contribution in [0.15, 0.2) is 24.3 Å². The van der Waals surface area contributed by atoms with Gasteiger partial charge in [0, 0.05) is 11.1 Å². The number of halogens is 3. The first-order chi connectivity index (χ1) is 6.25. The number of alkyl halides is 3. The van der Waals surface area contributed by atoms with Crippen LogP contribution in [0.25, 0.3) is 0 Å². The zero-order chi connectivity index (χ0) is 9.68. The minimum absolute atomic E-state index is 0.0416. The van der Waals surface area contributed by atoms with Crippen LogP contribution in [0, 0.1) is 11.8 Å². The van der Waals surface area contributed by atoms with Crippen molar-refractivity contribution >= 4 is 11.6 Å². The Bertz CT molecular complexity index is 336. The Morgan fingerprint density at radius 2 is 2.00 bits per heavy atom. The van der Waals surface area contributed by atoms with Crippen LogP contribution in [-0.4, -0.2) is 5.88 Å². The average Bonchev–Trinajstić information content (AvgIpc) is 2.15. The molecule has 0 unspecified atom stereocenters. The van der Waals surface area contributed by atoms with Crippen molar-refractivity contribution in [2.45, 2.75) is 6.43 Å². The predicted octanol–water partition coefficient (Wildman–Crippen LogP) is 3.21. The Labute approximate surface area is 80.5 Å². The van der Waals surface area contributed by atoms with Crippen LogP contribution in [0.3, 0.4) is 0 Å². The molecule has 0 heterocycles. The Morgan fingerprint density at radius 1 is 1.31 bits per heavy atom. The molecule has 0 aliphatic carbocycles. The third-order valence-corrected chi connectivity index (χ3v) is 1.62. The number of hydrogen-bond acceptors (Lipinski definition) is 0. The third-order valence-electron chi connectivity index (χ3n) is 1.49. The summed E-state index contributed by atoms with van der Waals surface area (Å²) in [5.41, 5.74) is 0.304. The maximum Gasteiger partial charge on any atom is 0.265 e. The van der Waals surface area contributed by atoms with Crippen LogP contribution in [0.4, 0.5) is 8.78 Å².